The summed E-state index contributed by atoms with van der Waals surface area (Å²) in [6.07, 6.45) is 5.36. The van der Waals surface area contributed by atoms with E-state index in [-0.39, 0.29) is 0 Å². The molecule has 0 aliphatic heterocycles. The Labute approximate surface area is 126 Å². The highest BCUT2D eigenvalue weighted by atomic mass is 79.9. The number of benzene rings is 1. The lowest BCUT2D eigenvalue weighted by Gasteiger charge is -2.04. The van der Waals surface area contributed by atoms with Crippen LogP contribution >= 0.6 is 15.9 Å². The summed E-state index contributed by atoms with van der Waals surface area (Å²) in [6, 6.07) is 8.20. The molecule has 0 radical (unpaired) electrons. The second kappa shape index (κ2) is 4.62. The molecule has 1 heterocycles. The zero-order valence-corrected chi connectivity index (χ0v) is 12.8. The molecule has 0 amide bonds. The maximum absolute atomic E-state index is 6.06. The van der Waals surface area contributed by atoms with Crippen LogP contribution in [0.3, 0.4) is 0 Å². The number of aromatic nitrogens is 1. The molecule has 2 atom stereocenters. The van der Waals surface area contributed by atoms with E-state index < -0.39 is 0 Å². The van der Waals surface area contributed by atoms with Gasteiger partial charge in [-0.25, -0.2) is 0 Å². The lowest BCUT2D eigenvalue weighted by molar-refractivity contribution is 0.381. The summed E-state index contributed by atoms with van der Waals surface area (Å²) >= 11 is 3.52. The van der Waals surface area contributed by atoms with Crippen molar-refractivity contribution in [1.82, 2.24) is 5.16 Å². The van der Waals surface area contributed by atoms with Gasteiger partial charge in [0, 0.05) is 10.4 Å². The van der Waals surface area contributed by atoms with E-state index in [0.717, 1.165) is 33.2 Å². The lowest BCUT2D eigenvalue weighted by Crippen LogP contribution is -1.91. The van der Waals surface area contributed by atoms with E-state index in [1.165, 1.54) is 25.7 Å². The van der Waals surface area contributed by atoms with E-state index in [0.29, 0.717) is 11.7 Å². The molecule has 104 valence electrons. The van der Waals surface area contributed by atoms with E-state index >= 15 is 0 Å². The SMILES string of the molecule is Nc1noc(C2C3CCCCC32)c1-c1cccc(Br)c1. The number of fused-ring (bicyclic) bond motifs is 1. The minimum atomic E-state index is 0.516. The fourth-order valence-electron chi connectivity index (χ4n) is 3.86. The van der Waals surface area contributed by atoms with Crippen molar-refractivity contribution in [2.24, 2.45) is 11.8 Å². The summed E-state index contributed by atoms with van der Waals surface area (Å²) in [4.78, 5) is 0. The molecule has 4 heteroatoms. The second-order valence-electron chi connectivity index (χ2n) is 5.96. The van der Waals surface area contributed by atoms with Gasteiger partial charge < -0.3 is 10.3 Å². The second-order valence-corrected chi connectivity index (χ2v) is 6.87. The highest BCUT2D eigenvalue weighted by Crippen LogP contribution is 2.63. The van der Waals surface area contributed by atoms with E-state index in [2.05, 4.69) is 33.2 Å². The Morgan fingerprint density at radius 1 is 1.20 bits per heavy atom. The minimum Gasteiger partial charge on any atom is -0.380 e. The summed E-state index contributed by atoms with van der Waals surface area (Å²) in [5, 5.41) is 4.03. The van der Waals surface area contributed by atoms with Gasteiger partial charge in [0.1, 0.15) is 5.76 Å². The molecule has 4 rings (SSSR count). The largest absolute Gasteiger partial charge is 0.380 e. The van der Waals surface area contributed by atoms with Gasteiger partial charge in [-0.2, -0.15) is 0 Å². The number of hydrogen-bond acceptors (Lipinski definition) is 3. The average Bonchev–Trinajstić information content (AvgIpc) is 3.06. The standard InChI is InChI=1S/C16H17BrN2O/c17-10-5-3-4-9(8-10)13-15(20-19-16(13)18)14-11-6-1-2-7-12(11)14/h3-5,8,11-12,14H,1-2,6-7H2,(H2,18,19). The van der Waals surface area contributed by atoms with Crippen LogP contribution in [0.2, 0.25) is 0 Å². The Morgan fingerprint density at radius 3 is 2.65 bits per heavy atom. The summed E-state index contributed by atoms with van der Waals surface area (Å²) in [7, 11) is 0. The van der Waals surface area contributed by atoms with Gasteiger partial charge in [-0.1, -0.05) is 46.1 Å². The van der Waals surface area contributed by atoms with Gasteiger partial charge in [-0.05, 0) is 42.4 Å². The smallest absolute Gasteiger partial charge is 0.175 e. The van der Waals surface area contributed by atoms with Crippen molar-refractivity contribution < 1.29 is 4.52 Å². The average molecular weight is 333 g/mol. The van der Waals surface area contributed by atoms with Gasteiger partial charge in [-0.3, -0.25) is 0 Å². The molecule has 1 aromatic heterocycles. The third kappa shape index (κ3) is 1.89. The molecule has 0 spiro atoms. The van der Waals surface area contributed by atoms with Crippen LogP contribution in [0.4, 0.5) is 5.82 Å². The topological polar surface area (TPSA) is 52.0 Å². The molecule has 0 saturated heterocycles. The van der Waals surface area contributed by atoms with Crippen molar-refractivity contribution in [1.29, 1.82) is 0 Å². The molecule has 2 aliphatic carbocycles. The molecule has 2 N–H and O–H groups in total. The first kappa shape index (κ1) is 12.5. The van der Waals surface area contributed by atoms with Crippen LogP contribution in [-0.2, 0) is 0 Å². The van der Waals surface area contributed by atoms with E-state index in [1.807, 2.05) is 12.1 Å². The van der Waals surface area contributed by atoms with Crippen LogP contribution in [0.1, 0.15) is 37.4 Å². The van der Waals surface area contributed by atoms with Crippen LogP contribution in [0.25, 0.3) is 11.1 Å². The first-order valence-corrected chi connectivity index (χ1v) is 8.06. The van der Waals surface area contributed by atoms with Gasteiger partial charge in [-0.15, -0.1) is 0 Å². The summed E-state index contributed by atoms with van der Waals surface area (Å²) in [6.45, 7) is 0. The van der Waals surface area contributed by atoms with Crippen molar-refractivity contribution in [3.63, 3.8) is 0 Å². The number of nitrogens with two attached hydrogens (primary N) is 1. The molecular weight excluding hydrogens is 316 g/mol. The van der Waals surface area contributed by atoms with Crippen LogP contribution in [0.5, 0.6) is 0 Å². The van der Waals surface area contributed by atoms with Crippen LogP contribution in [0.15, 0.2) is 33.3 Å². The molecule has 1 aromatic carbocycles. The van der Waals surface area contributed by atoms with Gasteiger partial charge in [0.2, 0.25) is 0 Å². The molecule has 3 nitrogen and oxygen atoms in total. The summed E-state index contributed by atoms with van der Waals surface area (Å²) < 4.78 is 6.67. The summed E-state index contributed by atoms with van der Waals surface area (Å²) in [5.74, 6) is 3.65. The highest BCUT2D eigenvalue weighted by molar-refractivity contribution is 9.10. The summed E-state index contributed by atoms with van der Waals surface area (Å²) in [5.41, 5.74) is 8.16. The fourth-order valence-corrected chi connectivity index (χ4v) is 4.26. The minimum absolute atomic E-state index is 0.516. The highest BCUT2D eigenvalue weighted by Gasteiger charge is 2.54. The Hall–Kier alpha value is -1.29. The van der Waals surface area contributed by atoms with Crippen LogP contribution in [0, 0.1) is 11.8 Å². The van der Waals surface area contributed by atoms with E-state index in [9.17, 15) is 0 Å². The Kier molecular flexibility index (Phi) is 2.88. The van der Waals surface area contributed by atoms with Gasteiger partial charge >= 0.3 is 0 Å². The number of hydrogen-bond donors (Lipinski definition) is 1. The maximum Gasteiger partial charge on any atom is 0.175 e. The number of rotatable bonds is 2. The van der Waals surface area contributed by atoms with Gasteiger partial charge in [0.15, 0.2) is 5.82 Å². The first-order chi connectivity index (χ1) is 9.75. The van der Waals surface area contributed by atoms with Crippen molar-refractivity contribution in [3.05, 3.63) is 34.5 Å². The van der Waals surface area contributed by atoms with Crippen molar-refractivity contribution in [3.8, 4) is 11.1 Å². The van der Waals surface area contributed by atoms with Crippen molar-refractivity contribution in [2.75, 3.05) is 5.73 Å². The maximum atomic E-state index is 6.06. The molecule has 2 aromatic rings. The normalized spacial score (nSPS) is 28.1. The zero-order chi connectivity index (χ0) is 13.7. The van der Waals surface area contributed by atoms with Gasteiger partial charge in [0.05, 0.1) is 5.56 Å². The first-order valence-electron chi connectivity index (χ1n) is 7.26. The zero-order valence-electron chi connectivity index (χ0n) is 11.2. The van der Waals surface area contributed by atoms with Crippen LogP contribution in [-0.4, -0.2) is 5.16 Å². The Bertz CT molecular complexity index is 640. The van der Waals surface area contributed by atoms with Crippen molar-refractivity contribution >= 4 is 21.7 Å². The van der Waals surface area contributed by atoms with Crippen molar-refractivity contribution in [2.45, 2.75) is 31.6 Å². The molecule has 0 bridgehead atoms. The molecule has 2 unspecified atom stereocenters. The molecule has 2 fully saturated rings. The molecule has 2 saturated carbocycles. The Balaban J connectivity index is 1.75. The Morgan fingerprint density at radius 2 is 1.95 bits per heavy atom. The van der Waals surface area contributed by atoms with Crippen LogP contribution < -0.4 is 5.73 Å². The molecular formula is C16H17BrN2O. The molecule has 20 heavy (non-hydrogen) atoms. The van der Waals surface area contributed by atoms with Gasteiger partial charge in [0.25, 0.3) is 0 Å². The quantitative estimate of drug-likeness (QED) is 0.874. The molecule has 2 aliphatic rings. The predicted octanol–water partition coefficient (Wildman–Crippen LogP) is 4.59. The lowest BCUT2D eigenvalue weighted by atomic mass is 10.0. The predicted molar refractivity (Wildman–Crippen MR) is 82.2 cm³/mol. The number of halogens is 1. The third-order valence-corrected chi connectivity index (χ3v) is 5.31. The number of nitrogen functional groups attached to an aromatic ring is 1. The van der Waals surface area contributed by atoms with E-state index in [4.69, 9.17) is 10.3 Å². The van der Waals surface area contributed by atoms with E-state index in [1.54, 1.807) is 0 Å². The third-order valence-electron chi connectivity index (χ3n) is 4.82. The monoisotopic (exact) mass is 332 g/mol. The number of anilines is 1. The number of nitrogens with zero attached hydrogens (tertiary/aromatic N) is 1. The fraction of sp³-hybridized carbons (Fsp3) is 0.438.